The minimum absolute atomic E-state index is 0.0465. The number of nitro groups is 1. The molecule has 1 aliphatic carbocycles. The van der Waals surface area contributed by atoms with Crippen molar-refractivity contribution >= 4 is 17.3 Å². The maximum absolute atomic E-state index is 12.7. The highest BCUT2D eigenvalue weighted by atomic mass is 16.6. The molecule has 0 spiro atoms. The van der Waals surface area contributed by atoms with Crippen LogP contribution in [0, 0.1) is 16.0 Å². The molecule has 2 fully saturated rings. The summed E-state index contributed by atoms with van der Waals surface area (Å²) in [6.07, 6.45) is 5.53. The Labute approximate surface area is 123 Å². The summed E-state index contributed by atoms with van der Waals surface area (Å²) in [6, 6.07) is 4.81. The third-order valence-corrected chi connectivity index (χ3v) is 4.75. The monoisotopic (exact) mass is 289 g/mol. The summed E-state index contributed by atoms with van der Waals surface area (Å²) in [7, 11) is 0. The van der Waals surface area contributed by atoms with Gasteiger partial charge in [0, 0.05) is 12.6 Å². The predicted molar refractivity (Wildman–Crippen MR) is 78.9 cm³/mol. The number of para-hydroxylation sites is 1. The molecule has 1 saturated heterocycles. The van der Waals surface area contributed by atoms with Crippen molar-refractivity contribution in [3.8, 4) is 0 Å². The maximum atomic E-state index is 12.7. The molecule has 0 radical (unpaired) electrons. The van der Waals surface area contributed by atoms with E-state index >= 15 is 0 Å². The van der Waals surface area contributed by atoms with E-state index in [0.29, 0.717) is 12.5 Å². The van der Waals surface area contributed by atoms with Crippen LogP contribution >= 0.6 is 0 Å². The number of hydrogen-bond acceptors (Lipinski definition) is 4. The van der Waals surface area contributed by atoms with Crippen LogP contribution in [0.3, 0.4) is 0 Å². The lowest BCUT2D eigenvalue weighted by Crippen LogP contribution is -2.39. The van der Waals surface area contributed by atoms with Crippen molar-refractivity contribution in [3.05, 3.63) is 33.9 Å². The molecule has 3 rings (SSSR count). The summed E-state index contributed by atoms with van der Waals surface area (Å²) in [6.45, 7) is 0.695. The Balaban J connectivity index is 1.92. The second-order valence-electron chi connectivity index (χ2n) is 5.90. The van der Waals surface area contributed by atoms with E-state index in [-0.39, 0.29) is 28.9 Å². The van der Waals surface area contributed by atoms with Gasteiger partial charge in [-0.3, -0.25) is 14.9 Å². The number of carbonyl (C=O) groups excluding carboxylic acids is 1. The lowest BCUT2D eigenvalue weighted by molar-refractivity contribution is -0.384. The zero-order valence-corrected chi connectivity index (χ0v) is 11.8. The zero-order valence-electron chi connectivity index (χ0n) is 11.8. The van der Waals surface area contributed by atoms with Crippen molar-refractivity contribution in [1.29, 1.82) is 0 Å². The molecule has 6 heteroatoms. The Morgan fingerprint density at radius 1 is 1.29 bits per heavy atom. The molecule has 2 aliphatic rings. The van der Waals surface area contributed by atoms with E-state index < -0.39 is 4.92 Å². The number of amides is 1. The molecular formula is C15H19N3O3. The van der Waals surface area contributed by atoms with E-state index in [9.17, 15) is 14.9 Å². The summed E-state index contributed by atoms with van der Waals surface area (Å²) in [5.41, 5.74) is 5.58. The van der Waals surface area contributed by atoms with Gasteiger partial charge in [0.15, 0.2) is 0 Å². The normalized spacial score (nSPS) is 24.7. The number of likely N-dealkylation sites (tertiary alicyclic amines) is 1. The number of nitrogens with zero attached hydrogens (tertiary/aromatic N) is 2. The van der Waals surface area contributed by atoms with Gasteiger partial charge in [-0.25, -0.2) is 0 Å². The fourth-order valence-corrected chi connectivity index (χ4v) is 3.75. The number of anilines is 1. The van der Waals surface area contributed by atoms with Gasteiger partial charge in [0.25, 0.3) is 5.91 Å². The second-order valence-corrected chi connectivity index (χ2v) is 5.90. The lowest BCUT2D eigenvalue weighted by atomic mass is 9.85. The molecule has 0 aromatic heterocycles. The van der Waals surface area contributed by atoms with Crippen molar-refractivity contribution in [1.82, 2.24) is 4.90 Å². The highest BCUT2D eigenvalue weighted by Gasteiger charge is 2.40. The largest absolute Gasteiger partial charge is 0.393 e. The van der Waals surface area contributed by atoms with Crippen LogP contribution in [0.15, 0.2) is 18.2 Å². The molecule has 6 nitrogen and oxygen atoms in total. The van der Waals surface area contributed by atoms with Crippen LogP contribution in [0.25, 0.3) is 0 Å². The number of fused-ring (bicyclic) bond motifs is 1. The minimum atomic E-state index is -0.559. The molecule has 2 N–H and O–H groups in total. The average Bonchev–Trinajstić information content (AvgIpc) is 2.89. The molecule has 2 atom stereocenters. The van der Waals surface area contributed by atoms with Crippen LogP contribution in [0.4, 0.5) is 11.4 Å². The Bertz CT molecular complexity index is 588. The van der Waals surface area contributed by atoms with E-state index in [2.05, 4.69) is 0 Å². The quantitative estimate of drug-likeness (QED) is 0.514. The maximum Gasteiger partial charge on any atom is 0.304 e. The number of benzene rings is 1. The number of rotatable bonds is 2. The summed E-state index contributed by atoms with van der Waals surface area (Å²) >= 11 is 0. The molecule has 1 saturated carbocycles. The highest BCUT2D eigenvalue weighted by molar-refractivity contribution is 6.00. The SMILES string of the molecule is Nc1cccc(C(=O)N2CCC3CCCCC32)c1[N+](=O)[O-]. The van der Waals surface area contributed by atoms with Crippen molar-refractivity contribution in [3.63, 3.8) is 0 Å². The van der Waals surface area contributed by atoms with Gasteiger partial charge < -0.3 is 10.6 Å². The van der Waals surface area contributed by atoms with Crippen molar-refractivity contribution in [2.75, 3.05) is 12.3 Å². The number of nitro benzene ring substituents is 1. The van der Waals surface area contributed by atoms with Gasteiger partial charge in [0.05, 0.1) is 4.92 Å². The second kappa shape index (κ2) is 5.35. The molecule has 112 valence electrons. The topological polar surface area (TPSA) is 89.5 Å². The fourth-order valence-electron chi connectivity index (χ4n) is 3.75. The Morgan fingerprint density at radius 2 is 2.05 bits per heavy atom. The highest BCUT2D eigenvalue weighted by Crippen LogP contribution is 2.38. The molecule has 2 unspecified atom stereocenters. The summed E-state index contributed by atoms with van der Waals surface area (Å²) in [5.74, 6) is 0.311. The number of carbonyl (C=O) groups is 1. The first-order valence-corrected chi connectivity index (χ1v) is 7.43. The van der Waals surface area contributed by atoms with E-state index in [1.54, 1.807) is 6.07 Å². The van der Waals surface area contributed by atoms with Crippen molar-refractivity contribution < 1.29 is 9.72 Å². The van der Waals surface area contributed by atoms with Gasteiger partial charge >= 0.3 is 5.69 Å². The molecule has 21 heavy (non-hydrogen) atoms. The predicted octanol–water partition coefficient (Wildman–Crippen LogP) is 2.58. The van der Waals surface area contributed by atoms with Crippen LogP contribution in [-0.4, -0.2) is 28.3 Å². The molecule has 1 aromatic carbocycles. The Hall–Kier alpha value is -2.11. The Kier molecular flexibility index (Phi) is 3.53. The summed E-state index contributed by atoms with van der Waals surface area (Å²) < 4.78 is 0. The standard InChI is InChI=1S/C15H19N3O3/c16-12-6-3-5-11(14(12)18(20)21)15(19)17-9-8-10-4-1-2-7-13(10)17/h3,5-6,10,13H,1-2,4,7-9,16H2. The first kappa shape index (κ1) is 13.9. The Morgan fingerprint density at radius 3 is 2.81 bits per heavy atom. The van der Waals surface area contributed by atoms with Gasteiger partial charge in [-0.1, -0.05) is 18.9 Å². The van der Waals surface area contributed by atoms with Gasteiger partial charge in [0.2, 0.25) is 0 Å². The molecule has 1 heterocycles. The number of nitrogens with two attached hydrogens (primary N) is 1. The summed E-state index contributed by atoms with van der Waals surface area (Å²) in [5, 5.41) is 11.2. The third kappa shape index (κ3) is 2.34. The average molecular weight is 289 g/mol. The van der Waals surface area contributed by atoms with E-state index in [4.69, 9.17) is 5.73 Å². The van der Waals surface area contributed by atoms with E-state index in [0.717, 1.165) is 25.7 Å². The smallest absolute Gasteiger partial charge is 0.304 e. The van der Waals surface area contributed by atoms with Crippen LogP contribution in [-0.2, 0) is 0 Å². The van der Waals surface area contributed by atoms with E-state index in [1.807, 2.05) is 4.90 Å². The van der Waals surface area contributed by atoms with Gasteiger partial charge in [-0.05, 0) is 37.3 Å². The molecular weight excluding hydrogens is 270 g/mol. The molecule has 1 aliphatic heterocycles. The summed E-state index contributed by atoms with van der Waals surface area (Å²) in [4.78, 5) is 25.2. The minimum Gasteiger partial charge on any atom is -0.393 e. The van der Waals surface area contributed by atoms with Crippen LogP contribution in [0.1, 0.15) is 42.5 Å². The van der Waals surface area contributed by atoms with Crippen LogP contribution in [0.2, 0.25) is 0 Å². The fraction of sp³-hybridized carbons (Fsp3) is 0.533. The first-order valence-electron chi connectivity index (χ1n) is 7.43. The lowest BCUT2D eigenvalue weighted by Gasteiger charge is -2.31. The van der Waals surface area contributed by atoms with Gasteiger partial charge in [-0.15, -0.1) is 0 Å². The van der Waals surface area contributed by atoms with Crippen molar-refractivity contribution in [2.24, 2.45) is 5.92 Å². The van der Waals surface area contributed by atoms with E-state index in [1.165, 1.54) is 18.6 Å². The van der Waals surface area contributed by atoms with Crippen molar-refractivity contribution in [2.45, 2.75) is 38.1 Å². The zero-order chi connectivity index (χ0) is 15.0. The van der Waals surface area contributed by atoms with Crippen LogP contribution in [0.5, 0.6) is 0 Å². The molecule has 0 bridgehead atoms. The number of hydrogen-bond donors (Lipinski definition) is 1. The van der Waals surface area contributed by atoms with Crippen LogP contribution < -0.4 is 5.73 Å². The first-order chi connectivity index (χ1) is 10.1. The molecule has 1 amide bonds. The number of nitrogen functional groups attached to an aromatic ring is 1. The van der Waals surface area contributed by atoms with Gasteiger partial charge in [-0.2, -0.15) is 0 Å². The molecule has 1 aromatic rings. The third-order valence-electron chi connectivity index (χ3n) is 4.75. The van der Waals surface area contributed by atoms with Gasteiger partial charge in [0.1, 0.15) is 11.3 Å².